The number of carbonyl (C=O) groups is 1. The minimum Gasteiger partial charge on any atom is -0.484 e. The van der Waals surface area contributed by atoms with Gasteiger partial charge >= 0.3 is 0 Å². The van der Waals surface area contributed by atoms with Gasteiger partial charge in [-0.1, -0.05) is 49.4 Å². The maximum Gasteiger partial charge on any atom is 0.266 e. The van der Waals surface area contributed by atoms with Crippen molar-refractivity contribution in [2.45, 2.75) is 25.2 Å². The number of nitrogens with zero attached hydrogens (tertiary/aromatic N) is 1. The van der Waals surface area contributed by atoms with Crippen LogP contribution in [0.2, 0.25) is 0 Å². The van der Waals surface area contributed by atoms with Crippen LogP contribution in [0.1, 0.15) is 19.4 Å². The molecular weight excluding hydrogens is 412 g/mol. The van der Waals surface area contributed by atoms with E-state index in [1.165, 1.54) is 10.4 Å². The third-order valence-electron chi connectivity index (χ3n) is 4.74. The topological polar surface area (TPSA) is 75.7 Å². The lowest BCUT2D eigenvalue weighted by molar-refractivity contribution is -0.118. The van der Waals surface area contributed by atoms with Crippen LogP contribution in [0.25, 0.3) is 0 Å². The molecule has 1 amide bonds. The van der Waals surface area contributed by atoms with Gasteiger partial charge in [0.05, 0.1) is 11.4 Å². The largest absolute Gasteiger partial charge is 0.484 e. The van der Waals surface area contributed by atoms with Crippen molar-refractivity contribution in [3.05, 3.63) is 84.4 Å². The number of benzene rings is 3. The molecular formula is C24H26N2O4S. The predicted octanol–water partition coefficient (Wildman–Crippen LogP) is 4.48. The SMILES string of the molecule is CCc1cccc(OCC(=O)Nc2ccccc2S(=O)(=O)N(CC)c2ccccc2)c1. The molecule has 162 valence electrons. The minimum absolute atomic E-state index is 0.0297. The van der Waals surface area contributed by atoms with E-state index in [0.29, 0.717) is 11.4 Å². The molecule has 0 aliphatic heterocycles. The van der Waals surface area contributed by atoms with Gasteiger partial charge in [-0.05, 0) is 55.3 Å². The smallest absolute Gasteiger partial charge is 0.266 e. The van der Waals surface area contributed by atoms with Crippen molar-refractivity contribution in [2.75, 3.05) is 22.8 Å². The maximum absolute atomic E-state index is 13.4. The summed E-state index contributed by atoms with van der Waals surface area (Å²) >= 11 is 0. The molecule has 0 spiro atoms. The molecule has 3 aromatic carbocycles. The Morgan fingerprint density at radius 1 is 0.935 bits per heavy atom. The summed E-state index contributed by atoms with van der Waals surface area (Å²) in [5.41, 5.74) is 1.88. The molecule has 31 heavy (non-hydrogen) atoms. The van der Waals surface area contributed by atoms with Gasteiger partial charge in [-0.3, -0.25) is 9.10 Å². The highest BCUT2D eigenvalue weighted by atomic mass is 32.2. The number of amides is 1. The van der Waals surface area contributed by atoms with Gasteiger partial charge in [0, 0.05) is 6.54 Å². The molecule has 0 bridgehead atoms. The summed E-state index contributed by atoms with van der Waals surface area (Å²) < 4.78 is 33.6. The fraction of sp³-hybridized carbons (Fsp3) is 0.208. The van der Waals surface area contributed by atoms with Crippen molar-refractivity contribution in [2.24, 2.45) is 0 Å². The zero-order valence-corrected chi connectivity index (χ0v) is 18.4. The number of rotatable bonds is 9. The lowest BCUT2D eigenvalue weighted by Crippen LogP contribution is -2.32. The molecule has 3 rings (SSSR count). The van der Waals surface area contributed by atoms with Gasteiger partial charge in [-0.15, -0.1) is 0 Å². The molecule has 0 unspecified atom stereocenters. The second kappa shape index (κ2) is 10.1. The zero-order chi connectivity index (χ0) is 22.3. The summed E-state index contributed by atoms with van der Waals surface area (Å²) in [5.74, 6) is 0.156. The van der Waals surface area contributed by atoms with Crippen molar-refractivity contribution in [1.29, 1.82) is 0 Å². The third kappa shape index (κ3) is 5.44. The molecule has 0 saturated carbocycles. The van der Waals surface area contributed by atoms with Crippen molar-refractivity contribution >= 4 is 27.3 Å². The minimum atomic E-state index is -3.88. The first-order chi connectivity index (χ1) is 15.0. The van der Waals surface area contributed by atoms with Crippen LogP contribution < -0.4 is 14.4 Å². The van der Waals surface area contributed by atoms with Crippen LogP contribution in [0.5, 0.6) is 5.75 Å². The van der Waals surface area contributed by atoms with Crippen LogP contribution >= 0.6 is 0 Å². The standard InChI is InChI=1S/C24H26N2O4S/c1-3-19-11-10-14-21(17-19)30-18-24(27)25-22-15-8-9-16-23(22)31(28,29)26(4-2)20-12-6-5-7-13-20/h5-17H,3-4,18H2,1-2H3,(H,25,27). The van der Waals surface area contributed by atoms with Gasteiger partial charge < -0.3 is 10.1 Å². The quantitative estimate of drug-likeness (QED) is 0.534. The van der Waals surface area contributed by atoms with Crippen molar-refractivity contribution in [3.63, 3.8) is 0 Å². The number of aryl methyl sites for hydroxylation is 1. The summed E-state index contributed by atoms with van der Waals surface area (Å²) in [5, 5.41) is 2.68. The van der Waals surface area contributed by atoms with Crippen LogP contribution in [-0.4, -0.2) is 27.5 Å². The highest BCUT2D eigenvalue weighted by molar-refractivity contribution is 7.93. The number of hydrogen-bond donors (Lipinski definition) is 1. The monoisotopic (exact) mass is 438 g/mol. The number of sulfonamides is 1. The maximum atomic E-state index is 13.4. The Hall–Kier alpha value is -3.32. The fourth-order valence-electron chi connectivity index (χ4n) is 3.19. The summed E-state index contributed by atoms with van der Waals surface area (Å²) in [6, 6.07) is 22.8. The number of hydrogen-bond acceptors (Lipinski definition) is 4. The Labute approximate surface area is 183 Å². The van der Waals surface area contributed by atoms with E-state index in [2.05, 4.69) is 5.32 Å². The second-order valence-electron chi connectivity index (χ2n) is 6.84. The van der Waals surface area contributed by atoms with E-state index < -0.39 is 15.9 Å². The Morgan fingerprint density at radius 3 is 2.35 bits per heavy atom. The van der Waals surface area contributed by atoms with Crippen LogP contribution in [0.4, 0.5) is 11.4 Å². The van der Waals surface area contributed by atoms with E-state index in [1.807, 2.05) is 31.2 Å². The van der Waals surface area contributed by atoms with E-state index in [9.17, 15) is 13.2 Å². The molecule has 0 aliphatic rings. The van der Waals surface area contributed by atoms with Gasteiger partial charge in [-0.2, -0.15) is 0 Å². The van der Waals surface area contributed by atoms with Crippen molar-refractivity contribution in [3.8, 4) is 5.75 Å². The average molecular weight is 439 g/mol. The Bertz CT molecular complexity index is 1130. The Morgan fingerprint density at radius 2 is 1.65 bits per heavy atom. The van der Waals surface area contributed by atoms with Gasteiger partial charge in [0.2, 0.25) is 0 Å². The number of carbonyl (C=O) groups excluding carboxylic acids is 1. The first-order valence-corrected chi connectivity index (χ1v) is 11.6. The molecule has 0 aromatic heterocycles. The Balaban J connectivity index is 1.78. The van der Waals surface area contributed by atoms with Gasteiger partial charge in [0.15, 0.2) is 6.61 Å². The highest BCUT2D eigenvalue weighted by Crippen LogP contribution is 2.28. The third-order valence-corrected chi connectivity index (χ3v) is 6.70. The number of ether oxygens (including phenoxy) is 1. The molecule has 0 saturated heterocycles. The molecule has 1 N–H and O–H groups in total. The van der Waals surface area contributed by atoms with Crippen molar-refractivity contribution < 1.29 is 17.9 Å². The predicted molar refractivity (Wildman–Crippen MR) is 123 cm³/mol. The van der Waals surface area contributed by atoms with E-state index in [0.717, 1.165) is 12.0 Å². The summed E-state index contributed by atoms with van der Waals surface area (Å²) in [6.45, 7) is 3.84. The molecule has 0 aliphatic carbocycles. The van der Waals surface area contributed by atoms with E-state index in [1.54, 1.807) is 55.5 Å². The van der Waals surface area contributed by atoms with Gasteiger partial charge in [-0.25, -0.2) is 8.42 Å². The fourth-order valence-corrected chi connectivity index (χ4v) is 4.81. The summed E-state index contributed by atoms with van der Waals surface area (Å²) in [4.78, 5) is 12.5. The van der Waals surface area contributed by atoms with E-state index >= 15 is 0 Å². The van der Waals surface area contributed by atoms with Gasteiger partial charge in [0.25, 0.3) is 15.9 Å². The van der Waals surface area contributed by atoms with Crippen LogP contribution in [0.3, 0.4) is 0 Å². The first kappa shape index (κ1) is 22.4. The normalized spacial score (nSPS) is 11.0. The lowest BCUT2D eigenvalue weighted by atomic mass is 10.2. The number of nitrogens with one attached hydrogen (secondary N) is 1. The Kier molecular flexibility index (Phi) is 7.31. The zero-order valence-electron chi connectivity index (χ0n) is 17.6. The number of anilines is 2. The molecule has 0 radical (unpaired) electrons. The summed E-state index contributed by atoms with van der Waals surface area (Å²) in [6.07, 6.45) is 0.865. The number of para-hydroxylation sites is 2. The van der Waals surface area contributed by atoms with Gasteiger partial charge in [0.1, 0.15) is 10.6 Å². The molecule has 0 heterocycles. The van der Waals surface area contributed by atoms with Crippen LogP contribution in [0.15, 0.2) is 83.8 Å². The van der Waals surface area contributed by atoms with E-state index in [4.69, 9.17) is 4.74 Å². The summed E-state index contributed by atoms with van der Waals surface area (Å²) in [7, 11) is -3.88. The molecule has 7 heteroatoms. The van der Waals surface area contributed by atoms with E-state index in [-0.39, 0.29) is 23.7 Å². The van der Waals surface area contributed by atoms with Crippen LogP contribution in [0, 0.1) is 0 Å². The lowest BCUT2D eigenvalue weighted by Gasteiger charge is -2.24. The molecule has 6 nitrogen and oxygen atoms in total. The second-order valence-corrected chi connectivity index (χ2v) is 8.67. The van der Waals surface area contributed by atoms with Crippen molar-refractivity contribution in [1.82, 2.24) is 0 Å². The van der Waals surface area contributed by atoms with Crippen LogP contribution in [-0.2, 0) is 21.2 Å². The highest BCUT2D eigenvalue weighted by Gasteiger charge is 2.26. The molecule has 0 atom stereocenters. The molecule has 3 aromatic rings. The average Bonchev–Trinajstić information content (AvgIpc) is 2.79. The first-order valence-electron chi connectivity index (χ1n) is 10.1. The molecule has 0 fully saturated rings.